The quantitative estimate of drug-likeness (QED) is 0.647. The molecule has 0 amide bonds. The van der Waals surface area contributed by atoms with E-state index >= 15 is 0 Å². The van der Waals surface area contributed by atoms with Crippen molar-refractivity contribution in [1.29, 1.82) is 0 Å². The highest BCUT2D eigenvalue weighted by atomic mass is 35.5. The second kappa shape index (κ2) is 8.04. The summed E-state index contributed by atoms with van der Waals surface area (Å²) in [5, 5.41) is 10.4. The summed E-state index contributed by atoms with van der Waals surface area (Å²) in [7, 11) is 1.22. The van der Waals surface area contributed by atoms with Gasteiger partial charge in [0.2, 0.25) is 0 Å². The van der Waals surface area contributed by atoms with Crippen molar-refractivity contribution >= 4 is 41.0 Å². The van der Waals surface area contributed by atoms with E-state index < -0.39 is 12.1 Å². The van der Waals surface area contributed by atoms with E-state index in [0.29, 0.717) is 15.6 Å². The van der Waals surface area contributed by atoms with Crippen LogP contribution in [-0.4, -0.2) is 30.1 Å². The fourth-order valence-electron chi connectivity index (χ4n) is 1.47. The number of carbonyl (C=O) groups is 2. The van der Waals surface area contributed by atoms with Gasteiger partial charge in [-0.2, -0.15) is 0 Å². The zero-order chi connectivity index (χ0) is 15.1. The first-order valence-electron chi connectivity index (χ1n) is 5.83. The lowest BCUT2D eigenvalue weighted by atomic mass is 10.1. The van der Waals surface area contributed by atoms with E-state index in [2.05, 4.69) is 4.74 Å². The number of aliphatic hydroxyl groups is 1. The highest BCUT2D eigenvalue weighted by molar-refractivity contribution is 6.35. The second-order valence-electron chi connectivity index (χ2n) is 4.10. The maximum Gasteiger partial charge on any atom is 0.308 e. The molecule has 0 saturated carbocycles. The van der Waals surface area contributed by atoms with Gasteiger partial charge in [0.15, 0.2) is 5.78 Å². The lowest BCUT2D eigenvalue weighted by Gasteiger charge is -2.06. The zero-order valence-electron chi connectivity index (χ0n) is 10.8. The van der Waals surface area contributed by atoms with Crippen molar-refractivity contribution in [3.05, 3.63) is 39.9 Å². The van der Waals surface area contributed by atoms with E-state index in [1.807, 2.05) is 0 Å². The van der Waals surface area contributed by atoms with Gasteiger partial charge in [-0.1, -0.05) is 29.3 Å². The number of hydrogen-bond donors (Lipinski definition) is 1. The number of hydrogen-bond acceptors (Lipinski definition) is 4. The summed E-state index contributed by atoms with van der Waals surface area (Å²) in [5.41, 5.74) is 0.645. The predicted octanol–water partition coefficient (Wildman–Crippen LogP) is 2.89. The van der Waals surface area contributed by atoms with Gasteiger partial charge in [-0.05, 0) is 29.8 Å². The molecule has 0 saturated heterocycles. The SMILES string of the molecule is COC(=O)C[C@H](O)CC(=O)C=Cc1ccc(Cl)cc1Cl. The van der Waals surface area contributed by atoms with Crippen molar-refractivity contribution in [2.24, 2.45) is 0 Å². The molecule has 1 aromatic rings. The molecule has 0 heterocycles. The molecule has 6 heteroatoms. The van der Waals surface area contributed by atoms with Gasteiger partial charge >= 0.3 is 5.97 Å². The van der Waals surface area contributed by atoms with Crippen LogP contribution in [0.1, 0.15) is 18.4 Å². The summed E-state index contributed by atoms with van der Waals surface area (Å²) in [6, 6.07) is 4.91. The molecule has 0 aliphatic rings. The Bertz CT molecular complexity index is 526. The number of esters is 1. The first-order chi connectivity index (χ1) is 9.42. The van der Waals surface area contributed by atoms with Crippen LogP contribution in [0.5, 0.6) is 0 Å². The van der Waals surface area contributed by atoms with Gasteiger partial charge in [0, 0.05) is 16.5 Å². The molecule has 1 N–H and O–H groups in total. The largest absolute Gasteiger partial charge is 0.469 e. The summed E-state index contributed by atoms with van der Waals surface area (Å²) in [6.07, 6.45) is 1.41. The average molecular weight is 317 g/mol. The van der Waals surface area contributed by atoms with Gasteiger partial charge in [0.1, 0.15) is 0 Å². The monoisotopic (exact) mass is 316 g/mol. The minimum absolute atomic E-state index is 0.156. The number of rotatable bonds is 6. The first-order valence-corrected chi connectivity index (χ1v) is 6.59. The maximum atomic E-state index is 11.6. The third-order valence-electron chi connectivity index (χ3n) is 2.48. The van der Waals surface area contributed by atoms with Crippen LogP contribution in [0.15, 0.2) is 24.3 Å². The number of benzene rings is 1. The molecule has 0 radical (unpaired) electrons. The predicted molar refractivity (Wildman–Crippen MR) is 77.8 cm³/mol. The number of ether oxygens (including phenoxy) is 1. The highest BCUT2D eigenvalue weighted by Crippen LogP contribution is 2.22. The molecular formula is C14H14Cl2O4. The molecule has 0 unspecified atom stereocenters. The van der Waals surface area contributed by atoms with Crippen LogP contribution < -0.4 is 0 Å². The molecule has 0 aromatic heterocycles. The molecular weight excluding hydrogens is 303 g/mol. The molecule has 1 atom stereocenters. The minimum atomic E-state index is -1.06. The molecule has 0 aliphatic carbocycles. The van der Waals surface area contributed by atoms with Crippen molar-refractivity contribution in [2.75, 3.05) is 7.11 Å². The van der Waals surface area contributed by atoms with Crippen LogP contribution in [-0.2, 0) is 14.3 Å². The molecule has 0 spiro atoms. The average Bonchev–Trinajstić information content (AvgIpc) is 2.37. The number of methoxy groups -OCH3 is 1. The Labute approximate surface area is 126 Å². The van der Waals surface area contributed by atoms with Gasteiger partial charge < -0.3 is 9.84 Å². The molecule has 1 rings (SSSR count). The Hall–Kier alpha value is -1.36. The van der Waals surface area contributed by atoms with Crippen molar-refractivity contribution in [2.45, 2.75) is 18.9 Å². The summed E-state index contributed by atoms with van der Waals surface area (Å²) in [6.45, 7) is 0. The smallest absolute Gasteiger partial charge is 0.308 e. The van der Waals surface area contributed by atoms with Crippen LogP contribution in [0, 0.1) is 0 Å². The minimum Gasteiger partial charge on any atom is -0.469 e. The molecule has 0 aliphatic heterocycles. The molecule has 20 heavy (non-hydrogen) atoms. The Balaban J connectivity index is 2.57. The van der Waals surface area contributed by atoms with Crippen LogP contribution in [0.2, 0.25) is 10.0 Å². The third-order valence-corrected chi connectivity index (χ3v) is 3.04. The fourth-order valence-corrected chi connectivity index (χ4v) is 1.94. The number of allylic oxidation sites excluding steroid dienone is 1. The topological polar surface area (TPSA) is 63.6 Å². The van der Waals surface area contributed by atoms with Gasteiger partial charge in [0.05, 0.1) is 19.6 Å². The van der Waals surface area contributed by atoms with Crippen LogP contribution in [0.3, 0.4) is 0 Å². The lowest BCUT2D eigenvalue weighted by molar-refractivity contribution is -0.143. The number of carbonyl (C=O) groups excluding carboxylic acids is 2. The summed E-state index contributed by atoms with van der Waals surface area (Å²) in [4.78, 5) is 22.5. The summed E-state index contributed by atoms with van der Waals surface area (Å²) >= 11 is 11.7. The van der Waals surface area contributed by atoms with E-state index in [9.17, 15) is 14.7 Å². The van der Waals surface area contributed by atoms with Crippen molar-refractivity contribution in [1.82, 2.24) is 0 Å². The highest BCUT2D eigenvalue weighted by Gasteiger charge is 2.13. The van der Waals surface area contributed by atoms with Crippen LogP contribution >= 0.6 is 23.2 Å². The third kappa shape index (κ3) is 5.74. The molecule has 0 bridgehead atoms. The maximum absolute atomic E-state index is 11.6. The van der Waals surface area contributed by atoms with E-state index in [0.717, 1.165) is 0 Å². The van der Waals surface area contributed by atoms with Gasteiger partial charge in [-0.25, -0.2) is 0 Å². The van der Waals surface area contributed by atoms with Gasteiger partial charge in [-0.3, -0.25) is 9.59 Å². The molecule has 1 aromatic carbocycles. The zero-order valence-corrected chi connectivity index (χ0v) is 12.3. The Morgan fingerprint density at radius 1 is 1.35 bits per heavy atom. The van der Waals surface area contributed by atoms with E-state index in [4.69, 9.17) is 23.2 Å². The van der Waals surface area contributed by atoms with Gasteiger partial charge in [0.25, 0.3) is 0 Å². The van der Waals surface area contributed by atoms with E-state index in [1.54, 1.807) is 18.2 Å². The van der Waals surface area contributed by atoms with Crippen molar-refractivity contribution < 1.29 is 19.4 Å². The molecule has 108 valence electrons. The summed E-state index contributed by atoms with van der Waals surface area (Å²) < 4.78 is 4.40. The number of ketones is 1. The summed E-state index contributed by atoms with van der Waals surface area (Å²) in [5.74, 6) is -0.873. The van der Waals surface area contributed by atoms with Crippen molar-refractivity contribution in [3.63, 3.8) is 0 Å². The fraction of sp³-hybridized carbons (Fsp3) is 0.286. The van der Waals surface area contributed by atoms with E-state index in [-0.39, 0.29) is 18.6 Å². The standard InChI is InChI=1S/C14H14Cl2O4/c1-20-14(19)8-12(18)7-11(17)5-3-9-2-4-10(15)6-13(9)16/h2-6,12,18H,7-8H2,1H3/t12-/m1/s1. The Kier molecular flexibility index (Phi) is 6.71. The second-order valence-corrected chi connectivity index (χ2v) is 4.95. The molecule has 4 nitrogen and oxygen atoms in total. The first kappa shape index (κ1) is 16.7. The van der Waals surface area contributed by atoms with Crippen LogP contribution in [0.25, 0.3) is 6.08 Å². The Morgan fingerprint density at radius 2 is 2.05 bits per heavy atom. The lowest BCUT2D eigenvalue weighted by Crippen LogP contribution is -2.17. The van der Waals surface area contributed by atoms with Gasteiger partial charge in [-0.15, -0.1) is 0 Å². The number of halogens is 2. The Morgan fingerprint density at radius 3 is 2.65 bits per heavy atom. The number of aliphatic hydroxyl groups excluding tert-OH is 1. The molecule has 0 fully saturated rings. The van der Waals surface area contributed by atoms with Crippen LogP contribution in [0.4, 0.5) is 0 Å². The van der Waals surface area contributed by atoms with Crippen molar-refractivity contribution in [3.8, 4) is 0 Å². The normalized spacial score (nSPS) is 12.4. The van der Waals surface area contributed by atoms with E-state index in [1.165, 1.54) is 19.3 Å².